The van der Waals surface area contributed by atoms with E-state index in [2.05, 4.69) is 34.3 Å². The molecule has 2 heterocycles. The highest BCUT2D eigenvalue weighted by molar-refractivity contribution is 5.28. The maximum atomic E-state index is 10.2. The van der Waals surface area contributed by atoms with Crippen LogP contribution >= 0.6 is 0 Å². The van der Waals surface area contributed by atoms with Gasteiger partial charge in [-0.1, -0.05) is 24.3 Å². The molecule has 0 radical (unpaired) electrons. The van der Waals surface area contributed by atoms with Gasteiger partial charge in [0.2, 0.25) is 0 Å². The van der Waals surface area contributed by atoms with Crippen molar-refractivity contribution in [2.45, 2.75) is 56.5 Å². The van der Waals surface area contributed by atoms with Crippen molar-refractivity contribution in [3.8, 4) is 0 Å². The Kier molecular flexibility index (Phi) is 4.63. The Balaban J connectivity index is 1.54. The minimum Gasteiger partial charge on any atom is -0.393 e. The molecule has 1 aromatic heterocycles. The van der Waals surface area contributed by atoms with Crippen LogP contribution in [0.15, 0.2) is 42.7 Å². The number of aliphatic hydroxyl groups is 1. The van der Waals surface area contributed by atoms with Gasteiger partial charge in [0.15, 0.2) is 0 Å². The van der Waals surface area contributed by atoms with Crippen LogP contribution in [0, 0.1) is 0 Å². The number of aromatic nitrogens is 2. The van der Waals surface area contributed by atoms with Gasteiger partial charge in [-0.05, 0) is 42.9 Å². The Labute approximate surface area is 149 Å². The predicted octanol–water partition coefficient (Wildman–Crippen LogP) is 2.44. The first-order valence-electron chi connectivity index (χ1n) is 9.22. The Morgan fingerprint density at radius 1 is 1.20 bits per heavy atom. The van der Waals surface area contributed by atoms with Crippen LogP contribution in [0.1, 0.15) is 36.8 Å². The van der Waals surface area contributed by atoms with Gasteiger partial charge >= 0.3 is 0 Å². The molecule has 4 rings (SSSR count). The summed E-state index contributed by atoms with van der Waals surface area (Å²) in [5.74, 6) is 0. The number of hydrogen-bond donors (Lipinski definition) is 1. The molecule has 25 heavy (non-hydrogen) atoms. The molecule has 1 N–H and O–H groups in total. The van der Waals surface area contributed by atoms with E-state index in [0.717, 1.165) is 45.3 Å². The van der Waals surface area contributed by atoms with Gasteiger partial charge in [0, 0.05) is 38.6 Å². The number of hydrogen-bond acceptors (Lipinski definition) is 4. The van der Waals surface area contributed by atoms with Crippen LogP contribution in [0.2, 0.25) is 0 Å². The summed E-state index contributed by atoms with van der Waals surface area (Å²) in [6, 6.07) is 10.9. The maximum absolute atomic E-state index is 10.2. The second kappa shape index (κ2) is 6.90. The van der Waals surface area contributed by atoms with Crippen LogP contribution in [-0.2, 0) is 17.8 Å². The van der Waals surface area contributed by atoms with Crippen molar-refractivity contribution in [2.24, 2.45) is 0 Å². The molecular weight excluding hydrogens is 314 g/mol. The van der Waals surface area contributed by atoms with Crippen LogP contribution in [0.4, 0.5) is 0 Å². The first-order valence-corrected chi connectivity index (χ1v) is 9.22. The fraction of sp³-hybridized carbons (Fsp3) is 0.550. The van der Waals surface area contributed by atoms with E-state index in [0.29, 0.717) is 6.04 Å². The molecule has 1 aliphatic heterocycles. The summed E-state index contributed by atoms with van der Waals surface area (Å²) in [7, 11) is 1.83. The minimum atomic E-state index is -0.201. The SMILES string of the molecule is CO[C@@]12CC[C@@H](O)C[C@@H]1N(Cc1ccccc1Cn1cccn1)CC2. The number of rotatable bonds is 5. The molecule has 2 fully saturated rings. The van der Waals surface area contributed by atoms with Gasteiger partial charge in [0.25, 0.3) is 0 Å². The highest BCUT2D eigenvalue weighted by atomic mass is 16.5. The zero-order chi connectivity index (χ0) is 17.3. The third-order valence-electron chi connectivity index (χ3n) is 6.06. The Bertz CT molecular complexity index is 703. The lowest BCUT2D eigenvalue weighted by Crippen LogP contribution is -2.51. The van der Waals surface area contributed by atoms with Crippen molar-refractivity contribution in [1.29, 1.82) is 0 Å². The summed E-state index contributed by atoms with van der Waals surface area (Å²) in [4.78, 5) is 2.51. The topological polar surface area (TPSA) is 50.5 Å². The van der Waals surface area contributed by atoms with Crippen molar-refractivity contribution in [3.63, 3.8) is 0 Å². The molecule has 5 nitrogen and oxygen atoms in total. The molecule has 0 amide bonds. The lowest BCUT2D eigenvalue weighted by Gasteiger charge is -2.42. The molecule has 2 aromatic rings. The molecule has 1 aliphatic carbocycles. The van der Waals surface area contributed by atoms with Crippen molar-refractivity contribution in [3.05, 3.63) is 53.9 Å². The van der Waals surface area contributed by atoms with Gasteiger partial charge in [-0.15, -0.1) is 0 Å². The number of methoxy groups -OCH3 is 1. The molecule has 0 spiro atoms. The van der Waals surface area contributed by atoms with Gasteiger partial charge in [-0.3, -0.25) is 9.58 Å². The Morgan fingerprint density at radius 3 is 2.72 bits per heavy atom. The zero-order valence-corrected chi connectivity index (χ0v) is 14.8. The van der Waals surface area contributed by atoms with Crippen LogP contribution in [0.5, 0.6) is 0 Å². The fourth-order valence-electron chi connectivity index (χ4n) is 4.61. The Hall–Kier alpha value is -1.69. The third-order valence-corrected chi connectivity index (χ3v) is 6.06. The third kappa shape index (κ3) is 3.24. The lowest BCUT2D eigenvalue weighted by atomic mass is 9.79. The average molecular weight is 341 g/mol. The molecule has 2 aliphatic rings. The number of aliphatic hydroxyl groups excluding tert-OH is 1. The molecule has 5 heteroatoms. The fourth-order valence-corrected chi connectivity index (χ4v) is 4.61. The predicted molar refractivity (Wildman–Crippen MR) is 96.2 cm³/mol. The van der Waals surface area contributed by atoms with E-state index in [-0.39, 0.29) is 11.7 Å². The van der Waals surface area contributed by atoms with Crippen molar-refractivity contribution in [1.82, 2.24) is 14.7 Å². The van der Waals surface area contributed by atoms with Gasteiger partial charge in [-0.2, -0.15) is 5.10 Å². The highest BCUT2D eigenvalue weighted by Gasteiger charge is 2.50. The molecule has 1 aromatic carbocycles. The summed E-state index contributed by atoms with van der Waals surface area (Å²) < 4.78 is 7.93. The summed E-state index contributed by atoms with van der Waals surface area (Å²) in [5, 5.41) is 14.5. The van der Waals surface area contributed by atoms with E-state index in [9.17, 15) is 5.11 Å². The molecule has 1 saturated heterocycles. The largest absolute Gasteiger partial charge is 0.393 e. The van der Waals surface area contributed by atoms with Crippen molar-refractivity contribution >= 4 is 0 Å². The number of ether oxygens (including phenoxy) is 1. The molecule has 3 atom stereocenters. The molecule has 0 unspecified atom stereocenters. The average Bonchev–Trinajstić information content (AvgIpc) is 3.26. The summed E-state index contributed by atoms with van der Waals surface area (Å²) >= 11 is 0. The van der Waals surface area contributed by atoms with Crippen molar-refractivity contribution in [2.75, 3.05) is 13.7 Å². The molecule has 134 valence electrons. The van der Waals surface area contributed by atoms with Gasteiger partial charge < -0.3 is 9.84 Å². The minimum absolute atomic E-state index is 0.0733. The number of fused-ring (bicyclic) bond motifs is 1. The van der Waals surface area contributed by atoms with Gasteiger partial charge in [0.05, 0.1) is 18.2 Å². The van der Waals surface area contributed by atoms with E-state index in [1.807, 2.05) is 30.3 Å². The second-order valence-corrected chi connectivity index (χ2v) is 7.41. The summed E-state index contributed by atoms with van der Waals surface area (Å²) in [5.41, 5.74) is 2.57. The lowest BCUT2D eigenvalue weighted by molar-refractivity contribution is -0.0879. The van der Waals surface area contributed by atoms with Gasteiger partial charge in [-0.25, -0.2) is 0 Å². The zero-order valence-electron chi connectivity index (χ0n) is 14.8. The van der Waals surface area contributed by atoms with Crippen LogP contribution in [-0.4, -0.2) is 51.2 Å². The maximum Gasteiger partial charge on any atom is 0.0847 e. The quantitative estimate of drug-likeness (QED) is 0.907. The molecule has 0 bridgehead atoms. The number of nitrogens with zero attached hydrogens (tertiary/aromatic N) is 3. The van der Waals surface area contributed by atoms with E-state index in [1.54, 1.807) is 0 Å². The Morgan fingerprint density at radius 2 is 2.00 bits per heavy atom. The summed E-state index contributed by atoms with van der Waals surface area (Å²) in [6.45, 7) is 2.72. The normalized spacial score (nSPS) is 29.7. The van der Waals surface area contributed by atoms with Crippen LogP contribution in [0.3, 0.4) is 0 Å². The monoisotopic (exact) mass is 341 g/mol. The van der Waals surface area contributed by atoms with E-state index in [4.69, 9.17) is 4.74 Å². The standard InChI is InChI=1S/C20H27N3O2/c1-25-20-8-7-18(24)13-19(20)22(12-9-20)14-16-5-2-3-6-17(16)15-23-11-4-10-21-23/h2-6,10-11,18-19,24H,7-9,12-15H2,1H3/t18-,19+,20-/m1/s1. The van der Waals surface area contributed by atoms with Crippen molar-refractivity contribution < 1.29 is 9.84 Å². The number of benzene rings is 1. The smallest absolute Gasteiger partial charge is 0.0847 e. The molecule has 1 saturated carbocycles. The highest BCUT2D eigenvalue weighted by Crippen LogP contribution is 2.43. The summed E-state index contributed by atoms with van der Waals surface area (Å²) in [6.07, 6.45) is 7.30. The molecular formula is C20H27N3O2. The van der Waals surface area contributed by atoms with E-state index < -0.39 is 0 Å². The number of likely N-dealkylation sites (tertiary alicyclic amines) is 1. The van der Waals surface area contributed by atoms with Crippen LogP contribution in [0.25, 0.3) is 0 Å². The van der Waals surface area contributed by atoms with E-state index >= 15 is 0 Å². The first-order chi connectivity index (χ1) is 12.2. The van der Waals surface area contributed by atoms with Gasteiger partial charge in [0.1, 0.15) is 0 Å². The van der Waals surface area contributed by atoms with E-state index in [1.165, 1.54) is 11.1 Å². The second-order valence-electron chi connectivity index (χ2n) is 7.41. The first kappa shape index (κ1) is 16.8. The van der Waals surface area contributed by atoms with Crippen LogP contribution < -0.4 is 0 Å².